The van der Waals surface area contributed by atoms with Crippen molar-refractivity contribution in [1.29, 1.82) is 0 Å². The maximum absolute atomic E-state index is 13.8. The highest BCUT2D eigenvalue weighted by molar-refractivity contribution is 6.01. The average Bonchev–Trinajstić information content (AvgIpc) is 3.90. The number of carboxylic acids is 1. The zero-order valence-electron chi connectivity index (χ0n) is 27.0. The van der Waals surface area contributed by atoms with Crippen molar-refractivity contribution in [2.75, 3.05) is 20.3 Å². The minimum Gasteiger partial charge on any atom is -0.497 e. The molecule has 1 atom stereocenters. The van der Waals surface area contributed by atoms with E-state index in [0.29, 0.717) is 36.1 Å². The van der Waals surface area contributed by atoms with E-state index in [9.17, 15) is 22.8 Å². The number of benzene rings is 4. The number of amides is 1. The molecule has 0 spiro atoms. The van der Waals surface area contributed by atoms with Crippen LogP contribution in [0.3, 0.4) is 0 Å². The number of carbonyl (C=O) groups is 2. The van der Waals surface area contributed by atoms with Crippen molar-refractivity contribution >= 4 is 28.4 Å². The summed E-state index contributed by atoms with van der Waals surface area (Å²) in [7, 11) is 1.61. The standard InChI is InChI=1S/C37H38F3N3O5/c1-23(33-20-31(37(38,39)40)13-15-34(33)48-22-25-4-5-25)42-43(21-26-6-7-30-19-32(47-3)14-12-29(30)18-26)24(2)27-8-10-28(11-9-27)36(46)41-17-16-35(44)45/h6-15,18-20,24-25H,4-5,16-17,21-22H2,1-3H3,(H,41,46)(H,44,45)/b42-23+. The fourth-order valence-electron chi connectivity index (χ4n) is 5.27. The van der Waals surface area contributed by atoms with Crippen LogP contribution in [0.5, 0.6) is 11.5 Å². The second-order valence-corrected chi connectivity index (χ2v) is 12.0. The average molecular weight is 662 g/mol. The molecule has 1 amide bonds. The molecular formula is C37H38F3N3O5. The van der Waals surface area contributed by atoms with Crippen LogP contribution in [-0.2, 0) is 17.5 Å². The summed E-state index contributed by atoms with van der Waals surface area (Å²) >= 11 is 0. The summed E-state index contributed by atoms with van der Waals surface area (Å²) in [6, 6.07) is 21.8. The van der Waals surface area contributed by atoms with Crippen molar-refractivity contribution in [3.8, 4) is 11.5 Å². The topological polar surface area (TPSA) is 100 Å². The van der Waals surface area contributed by atoms with Crippen molar-refractivity contribution in [2.45, 2.75) is 51.9 Å². The van der Waals surface area contributed by atoms with Gasteiger partial charge in [-0.25, -0.2) is 0 Å². The number of halogens is 3. The molecule has 0 aliphatic heterocycles. The highest BCUT2D eigenvalue weighted by Gasteiger charge is 2.32. The molecule has 4 aromatic carbocycles. The molecule has 1 fully saturated rings. The summed E-state index contributed by atoms with van der Waals surface area (Å²) in [5.41, 5.74) is 1.95. The van der Waals surface area contributed by atoms with E-state index in [1.54, 1.807) is 38.3 Å². The molecule has 0 bridgehead atoms. The van der Waals surface area contributed by atoms with Gasteiger partial charge in [-0.15, -0.1) is 0 Å². The van der Waals surface area contributed by atoms with Crippen LogP contribution < -0.4 is 14.8 Å². The van der Waals surface area contributed by atoms with Gasteiger partial charge in [0.15, 0.2) is 0 Å². The minimum absolute atomic E-state index is 0.00846. The van der Waals surface area contributed by atoms with E-state index >= 15 is 0 Å². The van der Waals surface area contributed by atoms with Gasteiger partial charge < -0.3 is 19.9 Å². The third-order valence-corrected chi connectivity index (χ3v) is 8.33. The number of fused-ring (bicyclic) bond motifs is 1. The first kappa shape index (κ1) is 34.3. The van der Waals surface area contributed by atoms with Gasteiger partial charge in [0.25, 0.3) is 5.91 Å². The minimum atomic E-state index is -4.54. The van der Waals surface area contributed by atoms with Crippen molar-refractivity contribution in [3.63, 3.8) is 0 Å². The van der Waals surface area contributed by atoms with E-state index in [-0.39, 0.29) is 24.6 Å². The van der Waals surface area contributed by atoms with E-state index in [0.717, 1.165) is 52.6 Å². The Morgan fingerprint density at radius 1 is 1.00 bits per heavy atom. The molecule has 8 nitrogen and oxygen atoms in total. The van der Waals surface area contributed by atoms with Crippen LogP contribution >= 0.6 is 0 Å². The number of hydrazone groups is 1. The van der Waals surface area contributed by atoms with Gasteiger partial charge in [0.2, 0.25) is 0 Å². The Morgan fingerprint density at radius 2 is 1.71 bits per heavy atom. The van der Waals surface area contributed by atoms with Gasteiger partial charge in [-0.3, -0.25) is 14.6 Å². The summed E-state index contributed by atoms with van der Waals surface area (Å²) in [4.78, 5) is 23.3. The lowest BCUT2D eigenvalue weighted by atomic mass is 10.0. The predicted octanol–water partition coefficient (Wildman–Crippen LogP) is 7.85. The molecule has 0 aromatic heterocycles. The lowest BCUT2D eigenvalue weighted by Gasteiger charge is -2.28. The molecule has 0 radical (unpaired) electrons. The summed E-state index contributed by atoms with van der Waals surface area (Å²) in [6.07, 6.45) is -2.65. The summed E-state index contributed by atoms with van der Waals surface area (Å²) in [6.45, 7) is 4.38. The Balaban J connectivity index is 1.48. The molecule has 11 heteroatoms. The highest BCUT2D eigenvalue weighted by atomic mass is 19.4. The Hall–Kier alpha value is -5.06. The lowest BCUT2D eigenvalue weighted by molar-refractivity contribution is -0.138. The third kappa shape index (κ3) is 8.84. The van der Waals surface area contributed by atoms with Gasteiger partial charge in [-0.1, -0.05) is 30.3 Å². The van der Waals surface area contributed by atoms with Crippen molar-refractivity contribution < 1.29 is 37.3 Å². The Kier molecular flexibility index (Phi) is 10.6. The van der Waals surface area contributed by atoms with E-state index in [4.69, 9.17) is 19.7 Å². The quantitative estimate of drug-likeness (QED) is 0.106. The molecule has 1 aliphatic carbocycles. The lowest BCUT2D eigenvalue weighted by Crippen LogP contribution is -2.26. The van der Waals surface area contributed by atoms with Crippen LogP contribution in [0.1, 0.15) is 71.8 Å². The molecule has 48 heavy (non-hydrogen) atoms. The van der Waals surface area contributed by atoms with Gasteiger partial charge in [-0.2, -0.15) is 18.3 Å². The molecule has 4 aromatic rings. The van der Waals surface area contributed by atoms with Crippen LogP contribution in [0.25, 0.3) is 10.8 Å². The summed E-state index contributed by atoms with van der Waals surface area (Å²) in [5.74, 6) is 0.0988. The predicted molar refractivity (Wildman–Crippen MR) is 177 cm³/mol. The molecule has 0 saturated heterocycles. The van der Waals surface area contributed by atoms with Crippen LogP contribution in [-0.4, -0.2) is 48.0 Å². The van der Waals surface area contributed by atoms with Crippen molar-refractivity contribution in [3.05, 3.63) is 107 Å². The monoisotopic (exact) mass is 661 g/mol. The first-order chi connectivity index (χ1) is 22.9. The number of alkyl halides is 3. The Bertz CT molecular complexity index is 1800. The number of methoxy groups -OCH3 is 1. The van der Waals surface area contributed by atoms with Crippen LogP contribution in [0.15, 0.2) is 84.0 Å². The Morgan fingerprint density at radius 3 is 2.38 bits per heavy atom. The highest BCUT2D eigenvalue weighted by Crippen LogP contribution is 2.35. The van der Waals surface area contributed by atoms with Gasteiger partial charge in [-0.05, 0) is 103 Å². The van der Waals surface area contributed by atoms with Crippen molar-refractivity contribution in [1.82, 2.24) is 10.3 Å². The number of carbonyl (C=O) groups excluding carboxylic acids is 1. The van der Waals surface area contributed by atoms with Gasteiger partial charge >= 0.3 is 12.1 Å². The van der Waals surface area contributed by atoms with Gasteiger partial charge in [0.05, 0.1) is 44.0 Å². The SMILES string of the molecule is COc1ccc2cc(CN(/N=C(\C)c3cc(C(F)(F)F)ccc3OCC3CC3)C(C)c3ccc(C(=O)NCCC(=O)O)cc3)ccc2c1. The number of hydrogen-bond donors (Lipinski definition) is 2. The molecule has 252 valence electrons. The number of nitrogens with one attached hydrogen (secondary N) is 1. The number of carboxylic acid groups (broad SMARTS) is 1. The van der Waals surface area contributed by atoms with E-state index in [2.05, 4.69) is 5.32 Å². The van der Waals surface area contributed by atoms with Gasteiger partial charge in [0.1, 0.15) is 11.5 Å². The second kappa shape index (κ2) is 14.8. The number of nitrogens with zero attached hydrogens (tertiary/aromatic N) is 2. The fourth-order valence-corrected chi connectivity index (χ4v) is 5.27. The third-order valence-electron chi connectivity index (χ3n) is 8.33. The number of rotatable bonds is 14. The van der Waals surface area contributed by atoms with Crippen LogP contribution in [0, 0.1) is 5.92 Å². The first-order valence-corrected chi connectivity index (χ1v) is 15.7. The largest absolute Gasteiger partial charge is 0.497 e. The van der Waals surface area contributed by atoms with Crippen LogP contribution in [0.2, 0.25) is 0 Å². The zero-order valence-corrected chi connectivity index (χ0v) is 27.0. The molecule has 5 rings (SSSR count). The van der Waals surface area contributed by atoms with Crippen LogP contribution in [0.4, 0.5) is 13.2 Å². The van der Waals surface area contributed by atoms with E-state index in [1.807, 2.05) is 48.3 Å². The smallest absolute Gasteiger partial charge is 0.416 e. The Labute approximate surface area is 277 Å². The molecule has 1 unspecified atom stereocenters. The fraction of sp³-hybridized carbons (Fsp3) is 0.324. The number of hydrogen-bond acceptors (Lipinski definition) is 6. The first-order valence-electron chi connectivity index (χ1n) is 15.7. The molecular weight excluding hydrogens is 623 g/mol. The normalized spacial score (nSPS) is 14.0. The number of aliphatic carboxylic acids is 1. The zero-order chi connectivity index (χ0) is 34.4. The van der Waals surface area contributed by atoms with Gasteiger partial charge in [0, 0.05) is 17.7 Å². The maximum atomic E-state index is 13.8. The summed E-state index contributed by atoms with van der Waals surface area (Å²) in [5, 5.41) is 20.2. The number of ether oxygens (including phenoxy) is 2. The maximum Gasteiger partial charge on any atom is 0.416 e. The molecule has 1 saturated carbocycles. The van der Waals surface area contributed by atoms with Crippen molar-refractivity contribution in [2.24, 2.45) is 11.0 Å². The second-order valence-electron chi connectivity index (χ2n) is 12.0. The van der Waals surface area contributed by atoms with E-state index < -0.39 is 23.6 Å². The molecule has 0 heterocycles. The summed E-state index contributed by atoms with van der Waals surface area (Å²) < 4.78 is 52.7. The molecule has 1 aliphatic rings. The molecule has 2 N–H and O–H groups in total. The van der Waals surface area contributed by atoms with E-state index in [1.165, 1.54) is 6.07 Å².